The van der Waals surface area contributed by atoms with Crippen LogP contribution in [0.25, 0.3) is 0 Å². The number of nitrogens with one attached hydrogen (secondary N) is 1. The van der Waals surface area contributed by atoms with Crippen LogP contribution < -0.4 is 10.2 Å². The van der Waals surface area contributed by atoms with Crippen LogP contribution in [0.1, 0.15) is 32.3 Å². The van der Waals surface area contributed by atoms with Gasteiger partial charge in [-0.15, -0.1) is 0 Å². The fraction of sp³-hybridized carbons (Fsp3) is 0.647. The van der Waals surface area contributed by atoms with Crippen molar-refractivity contribution in [2.75, 3.05) is 31.7 Å². The standard InChI is InChI=1S/C17H27FN2O/c1-13-6-8-20(14(2)10-13)17-5-4-16(18)11-15(17)12-19-7-9-21-3/h4-5,11,13-14,19H,6-10,12H2,1-3H3. The van der Waals surface area contributed by atoms with E-state index in [-0.39, 0.29) is 5.82 Å². The van der Waals surface area contributed by atoms with Crippen LogP contribution in [-0.2, 0) is 11.3 Å². The van der Waals surface area contributed by atoms with E-state index in [0.29, 0.717) is 19.2 Å². The molecule has 0 radical (unpaired) electrons. The molecule has 1 N–H and O–H groups in total. The number of hydrogen-bond acceptors (Lipinski definition) is 3. The minimum Gasteiger partial charge on any atom is -0.383 e. The van der Waals surface area contributed by atoms with Gasteiger partial charge in [0.2, 0.25) is 0 Å². The third-order valence-electron chi connectivity index (χ3n) is 4.29. The summed E-state index contributed by atoms with van der Waals surface area (Å²) in [5, 5.41) is 3.31. The Morgan fingerprint density at radius 2 is 2.19 bits per heavy atom. The lowest BCUT2D eigenvalue weighted by molar-refractivity contribution is 0.199. The van der Waals surface area contributed by atoms with Crippen molar-refractivity contribution in [3.8, 4) is 0 Å². The molecule has 0 aromatic heterocycles. The lowest BCUT2D eigenvalue weighted by Crippen LogP contribution is -2.41. The van der Waals surface area contributed by atoms with Gasteiger partial charge in [0.15, 0.2) is 0 Å². The molecule has 0 saturated carbocycles. The van der Waals surface area contributed by atoms with E-state index in [4.69, 9.17) is 4.74 Å². The molecule has 2 unspecified atom stereocenters. The molecule has 1 aliphatic heterocycles. The van der Waals surface area contributed by atoms with E-state index in [2.05, 4.69) is 24.1 Å². The monoisotopic (exact) mass is 294 g/mol. The lowest BCUT2D eigenvalue weighted by atomic mass is 9.92. The highest BCUT2D eigenvalue weighted by Crippen LogP contribution is 2.30. The molecule has 3 nitrogen and oxygen atoms in total. The van der Waals surface area contributed by atoms with E-state index in [9.17, 15) is 4.39 Å². The average molecular weight is 294 g/mol. The van der Waals surface area contributed by atoms with Crippen LogP contribution in [0.2, 0.25) is 0 Å². The van der Waals surface area contributed by atoms with Gasteiger partial charge in [0.05, 0.1) is 6.61 Å². The third kappa shape index (κ3) is 4.42. The summed E-state index contributed by atoms with van der Waals surface area (Å²) in [6, 6.07) is 5.66. The van der Waals surface area contributed by atoms with Crippen LogP contribution >= 0.6 is 0 Å². The molecule has 1 saturated heterocycles. The van der Waals surface area contributed by atoms with Gasteiger partial charge >= 0.3 is 0 Å². The summed E-state index contributed by atoms with van der Waals surface area (Å²) in [5.41, 5.74) is 2.20. The molecule has 0 bridgehead atoms. The van der Waals surface area contributed by atoms with Crippen molar-refractivity contribution in [1.82, 2.24) is 5.32 Å². The highest BCUT2D eigenvalue weighted by atomic mass is 19.1. The predicted octanol–water partition coefficient (Wildman–Crippen LogP) is 3.19. The van der Waals surface area contributed by atoms with E-state index in [1.807, 2.05) is 6.07 Å². The minimum absolute atomic E-state index is 0.166. The molecule has 118 valence electrons. The third-order valence-corrected chi connectivity index (χ3v) is 4.29. The maximum absolute atomic E-state index is 13.6. The molecule has 0 aliphatic carbocycles. The highest BCUT2D eigenvalue weighted by Gasteiger charge is 2.24. The van der Waals surface area contributed by atoms with E-state index in [1.54, 1.807) is 19.2 Å². The number of benzene rings is 1. The topological polar surface area (TPSA) is 24.5 Å². The Morgan fingerprint density at radius 1 is 1.38 bits per heavy atom. The summed E-state index contributed by atoms with van der Waals surface area (Å²) in [7, 11) is 1.69. The first-order chi connectivity index (χ1) is 10.1. The number of ether oxygens (including phenoxy) is 1. The zero-order chi connectivity index (χ0) is 15.2. The summed E-state index contributed by atoms with van der Waals surface area (Å²) in [6.07, 6.45) is 2.41. The van der Waals surface area contributed by atoms with Crippen molar-refractivity contribution >= 4 is 5.69 Å². The van der Waals surface area contributed by atoms with Crippen LogP contribution in [0.5, 0.6) is 0 Å². The largest absolute Gasteiger partial charge is 0.383 e. The molecule has 4 heteroatoms. The molecule has 0 amide bonds. The van der Waals surface area contributed by atoms with E-state index in [0.717, 1.165) is 24.6 Å². The van der Waals surface area contributed by atoms with Gasteiger partial charge < -0.3 is 15.0 Å². The Balaban J connectivity index is 2.10. The van der Waals surface area contributed by atoms with Crippen LogP contribution in [-0.4, -0.2) is 32.8 Å². The summed E-state index contributed by atoms with van der Waals surface area (Å²) in [6.45, 7) is 7.75. The number of nitrogens with zero attached hydrogens (tertiary/aromatic N) is 1. The van der Waals surface area contributed by atoms with Gasteiger partial charge in [0, 0.05) is 38.5 Å². The summed E-state index contributed by atoms with van der Waals surface area (Å²) in [5.74, 6) is 0.611. The smallest absolute Gasteiger partial charge is 0.123 e. The molecule has 1 aromatic carbocycles. The Morgan fingerprint density at radius 3 is 2.90 bits per heavy atom. The van der Waals surface area contributed by atoms with Crippen LogP contribution in [0.15, 0.2) is 18.2 Å². The second kappa shape index (κ2) is 7.76. The Bertz CT molecular complexity index is 452. The SMILES string of the molecule is COCCNCc1cc(F)ccc1N1CCC(C)CC1C. The van der Waals surface area contributed by atoms with Crippen molar-refractivity contribution in [2.24, 2.45) is 5.92 Å². The lowest BCUT2D eigenvalue weighted by Gasteiger charge is -2.39. The van der Waals surface area contributed by atoms with Crippen LogP contribution in [0, 0.1) is 11.7 Å². The molecular weight excluding hydrogens is 267 g/mol. The number of anilines is 1. The van der Waals surface area contributed by atoms with Gasteiger partial charge in [-0.2, -0.15) is 0 Å². The number of halogens is 1. The summed E-state index contributed by atoms with van der Waals surface area (Å²) < 4.78 is 18.6. The fourth-order valence-corrected chi connectivity index (χ4v) is 3.14. The fourth-order valence-electron chi connectivity index (χ4n) is 3.14. The predicted molar refractivity (Wildman–Crippen MR) is 85.2 cm³/mol. The first-order valence-corrected chi connectivity index (χ1v) is 7.86. The van der Waals surface area contributed by atoms with Crippen LogP contribution in [0.3, 0.4) is 0 Å². The summed E-state index contributed by atoms with van der Waals surface area (Å²) in [4.78, 5) is 2.42. The maximum atomic E-state index is 13.6. The first kappa shape index (κ1) is 16.2. The summed E-state index contributed by atoms with van der Waals surface area (Å²) >= 11 is 0. The molecule has 2 atom stereocenters. The molecular formula is C17H27FN2O. The van der Waals surface area contributed by atoms with E-state index in [1.165, 1.54) is 18.5 Å². The van der Waals surface area contributed by atoms with Crippen molar-refractivity contribution in [3.05, 3.63) is 29.6 Å². The minimum atomic E-state index is -0.166. The Labute approximate surface area is 127 Å². The molecule has 2 rings (SSSR count). The van der Waals surface area contributed by atoms with E-state index >= 15 is 0 Å². The average Bonchev–Trinajstić information content (AvgIpc) is 2.45. The Kier molecular flexibility index (Phi) is 6.00. The quantitative estimate of drug-likeness (QED) is 0.816. The van der Waals surface area contributed by atoms with Gasteiger partial charge in [-0.1, -0.05) is 6.92 Å². The van der Waals surface area contributed by atoms with Gasteiger partial charge in [0.1, 0.15) is 5.82 Å². The molecule has 0 spiro atoms. The molecule has 21 heavy (non-hydrogen) atoms. The van der Waals surface area contributed by atoms with Crippen molar-refractivity contribution in [1.29, 1.82) is 0 Å². The molecule has 1 aromatic rings. The second-order valence-corrected chi connectivity index (χ2v) is 6.11. The first-order valence-electron chi connectivity index (χ1n) is 7.86. The number of hydrogen-bond donors (Lipinski definition) is 1. The Hall–Kier alpha value is -1.13. The normalized spacial score (nSPS) is 22.6. The zero-order valence-electron chi connectivity index (χ0n) is 13.4. The van der Waals surface area contributed by atoms with Gasteiger partial charge in [0.25, 0.3) is 0 Å². The van der Waals surface area contributed by atoms with Gasteiger partial charge in [-0.05, 0) is 49.4 Å². The van der Waals surface area contributed by atoms with Crippen LogP contribution in [0.4, 0.5) is 10.1 Å². The van der Waals surface area contributed by atoms with Crippen molar-refractivity contribution in [2.45, 2.75) is 39.3 Å². The number of piperidine rings is 1. The zero-order valence-corrected chi connectivity index (χ0v) is 13.4. The molecule has 1 fully saturated rings. The number of methoxy groups -OCH3 is 1. The van der Waals surface area contributed by atoms with Crippen molar-refractivity contribution in [3.63, 3.8) is 0 Å². The molecule has 1 aliphatic rings. The van der Waals surface area contributed by atoms with E-state index < -0.39 is 0 Å². The molecule has 1 heterocycles. The highest BCUT2D eigenvalue weighted by molar-refractivity contribution is 5.55. The van der Waals surface area contributed by atoms with Gasteiger partial charge in [-0.25, -0.2) is 4.39 Å². The second-order valence-electron chi connectivity index (χ2n) is 6.11. The van der Waals surface area contributed by atoms with Gasteiger partial charge in [-0.3, -0.25) is 0 Å². The maximum Gasteiger partial charge on any atom is 0.123 e. The van der Waals surface area contributed by atoms with Crippen molar-refractivity contribution < 1.29 is 9.13 Å². The number of rotatable bonds is 6.